The van der Waals surface area contributed by atoms with Crippen LogP contribution in [0.4, 0.5) is 4.39 Å². The summed E-state index contributed by atoms with van der Waals surface area (Å²) in [6.07, 6.45) is 0.695. The van der Waals surface area contributed by atoms with Gasteiger partial charge >= 0.3 is 11.8 Å². The normalized spacial score (nSPS) is 10.5. The van der Waals surface area contributed by atoms with Crippen molar-refractivity contribution >= 4 is 5.91 Å². The molecule has 2 aromatic carbocycles. The number of amides is 1. The van der Waals surface area contributed by atoms with E-state index >= 15 is 0 Å². The molecule has 0 bridgehead atoms. The molecular weight excluding hydrogens is 297 g/mol. The van der Waals surface area contributed by atoms with E-state index in [1.54, 1.807) is 12.1 Å². The molecule has 0 spiro atoms. The van der Waals surface area contributed by atoms with Gasteiger partial charge in [0.1, 0.15) is 5.82 Å². The van der Waals surface area contributed by atoms with Crippen molar-refractivity contribution in [2.24, 2.45) is 0 Å². The first-order chi connectivity index (χ1) is 11.2. The Morgan fingerprint density at radius 1 is 1.04 bits per heavy atom. The van der Waals surface area contributed by atoms with Gasteiger partial charge in [0.2, 0.25) is 0 Å². The van der Waals surface area contributed by atoms with Crippen LogP contribution in [0.1, 0.15) is 16.2 Å². The van der Waals surface area contributed by atoms with Gasteiger partial charge in [0.05, 0.1) is 5.56 Å². The molecule has 5 nitrogen and oxygen atoms in total. The van der Waals surface area contributed by atoms with Gasteiger partial charge in [0.15, 0.2) is 0 Å². The van der Waals surface area contributed by atoms with Gasteiger partial charge in [-0.05, 0) is 24.1 Å². The van der Waals surface area contributed by atoms with Gasteiger partial charge in [-0.3, -0.25) is 4.79 Å². The molecule has 0 fully saturated rings. The Bertz CT molecular complexity index is 802. The molecule has 0 saturated heterocycles. The average Bonchev–Trinajstić information content (AvgIpc) is 3.06. The standard InChI is InChI=1S/C17H14FN3O2/c18-14-9-5-4-8-13(14)16-20-21-17(23-16)15(22)19-11-10-12-6-2-1-3-7-12/h1-9H,10-11H2,(H,19,22). The molecule has 1 heterocycles. The minimum absolute atomic E-state index is 0.0173. The fraction of sp³-hybridized carbons (Fsp3) is 0.118. The van der Waals surface area contributed by atoms with Crippen LogP contribution < -0.4 is 5.32 Å². The van der Waals surface area contributed by atoms with Crippen LogP contribution in [0.3, 0.4) is 0 Å². The minimum Gasteiger partial charge on any atom is -0.412 e. The molecule has 1 aromatic heterocycles. The highest BCUT2D eigenvalue weighted by Crippen LogP contribution is 2.20. The molecule has 6 heteroatoms. The fourth-order valence-corrected chi connectivity index (χ4v) is 2.10. The summed E-state index contributed by atoms with van der Waals surface area (Å²) in [7, 11) is 0. The van der Waals surface area contributed by atoms with Gasteiger partial charge in [-0.25, -0.2) is 4.39 Å². The van der Waals surface area contributed by atoms with Crippen LogP contribution in [-0.2, 0) is 6.42 Å². The Balaban J connectivity index is 1.62. The van der Waals surface area contributed by atoms with Gasteiger partial charge in [-0.15, -0.1) is 10.2 Å². The average molecular weight is 311 g/mol. The van der Waals surface area contributed by atoms with E-state index in [1.807, 2.05) is 30.3 Å². The summed E-state index contributed by atoms with van der Waals surface area (Å²) in [6, 6.07) is 15.8. The Hall–Kier alpha value is -3.02. The summed E-state index contributed by atoms with van der Waals surface area (Å²) >= 11 is 0. The molecule has 1 N–H and O–H groups in total. The third-order valence-electron chi connectivity index (χ3n) is 3.27. The van der Waals surface area contributed by atoms with Crippen molar-refractivity contribution in [2.45, 2.75) is 6.42 Å². The zero-order valence-electron chi connectivity index (χ0n) is 12.2. The molecule has 0 radical (unpaired) electrons. The van der Waals surface area contributed by atoms with E-state index in [4.69, 9.17) is 4.42 Å². The first-order valence-corrected chi connectivity index (χ1v) is 7.14. The Labute approximate surface area is 132 Å². The second kappa shape index (κ2) is 6.83. The van der Waals surface area contributed by atoms with Gasteiger partial charge < -0.3 is 9.73 Å². The molecule has 116 valence electrons. The van der Waals surface area contributed by atoms with Crippen molar-refractivity contribution in [3.05, 3.63) is 71.9 Å². The summed E-state index contributed by atoms with van der Waals surface area (Å²) in [5.74, 6) is -1.16. The van der Waals surface area contributed by atoms with Crippen LogP contribution in [-0.4, -0.2) is 22.6 Å². The SMILES string of the molecule is O=C(NCCc1ccccc1)c1nnc(-c2ccccc2F)o1. The van der Waals surface area contributed by atoms with Crippen LogP contribution in [0.5, 0.6) is 0 Å². The summed E-state index contributed by atoms with van der Waals surface area (Å²) in [4.78, 5) is 12.0. The molecular formula is C17H14FN3O2. The van der Waals surface area contributed by atoms with E-state index in [0.717, 1.165) is 5.56 Å². The lowest BCUT2D eigenvalue weighted by Gasteiger charge is -2.02. The molecule has 0 aliphatic heterocycles. The van der Waals surface area contributed by atoms with Gasteiger partial charge in [-0.1, -0.05) is 42.5 Å². The summed E-state index contributed by atoms with van der Waals surface area (Å²) < 4.78 is 18.9. The van der Waals surface area contributed by atoms with Gasteiger partial charge in [0, 0.05) is 6.54 Å². The van der Waals surface area contributed by atoms with Crippen LogP contribution in [0, 0.1) is 5.82 Å². The van der Waals surface area contributed by atoms with Crippen LogP contribution in [0.25, 0.3) is 11.5 Å². The topological polar surface area (TPSA) is 68.0 Å². The number of nitrogens with zero attached hydrogens (tertiary/aromatic N) is 2. The maximum Gasteiger partial charge on any atom is 0.308 e. The lowest BCUT2D eigenvalue weighted by Crippen LogP contribution is -2.26. The molecule has 23 heavy (non-hydrogen) atoms. The summed E-state index contributed by atoms with van der Waals surface area (Å²) in [5, 5.41) is 10.1. The number of nitrogens with one attached hydrogen (secondary N) is 1. The zero-order chi connectivity index (χ0) is 16.1. The third kappa shape index (κ3) is 3.60. The van der Waals surface area contributed by atoms with Gasteiger partial charge in [0.25, 0.3) is 5.89 Å². The Morgan fingerprint density at radius 3 is 2.57 bits per heavy atom. The second-order valence-corrected chi connectivity index (χ2v) is 4.88. The largest absolute Gasteiger partial charge is 0.412 e. The van der Waals surface area contributed by atoms with E-state index in [0.29, 0.717) is 13.0 Å². The molecule has 0 aliphatic carbocycles. The molecule has 0 atom stereocenters. The predicted octanol–water partition coefficient (Wildman–Crippen LogP) is 2.85. The summed E-state index contributed by atoms with van der Waals surface area (Å²) in [6.45, 7) is 0.445. The van der Waals surface area contributed by atoms with E-state index in [-0.39, 0.29) is 17.3 Å². The third-order valence-corrected chi connectivity index (χ3v) is 3.27. The molecule has 3 rings (SSSR count). The highest BCUT2D eigenvalue weighted by Gasteiger charge is 2.17. The van der Waals surface area contributed by atoms with Crippen molar-refractivity contribution in [2.75, 3.05) is 6.54 Å². The predicted molar refractivity (Wildman–Crippen MR) is 82.2 cm³/mol. The quantitative estimate of drug-likeness (QED) is 0.786. The number of rotatable bonds is 5. The van der Waals surface area contributed by atoms with Crippen LogP contribution in [0.2, 0.25) is 0 Å². The lowest BCUT2D eigenvalue weighted by atomic mass is 10.1. The Morgan fingerprint density at radius 2 is 1.78 bits per heavy atom. The molecule has 3 aromatic rings. The Kier molecular flexibility index (Phi) is 4.42. The lowest BCUT2D eigenvalue weighted by molar-refractivity contribution is 0.0920. The zero-order valence-corrected chi connectivity index (χ0v) is 12.2. The van der Waals surface area contributed by atoms with Crippen molar-refractivity contribution in [1.82, 2.24) is 15.5 Å². The molecule has 0 saturated carbocycles. The minimum atomic E-state index is -0.479. The molecule has 1 amide bonds. The maximum absolute atomic E-state index is 13.6. The number of hydrogen-bond acceptors (Lipinski definition) is 4. The smallest absolute Gasteiger partial charge is 0.308 e. The highest BCUT2D eigenvalue weighted by atomic mass is 19.1. The van der Waals surface area contributed by atoms with E-state index in [1.165, 1.54) is 12.1 Å². The number of aromatic nitrogens is 2. The molecule has 0 aliphatic rings. The monoisotopic (exact) mass is 311 g/mol. The number of benzene rings is 2. The summed E-state index contributed by atoms with van der Waals surface area (Å²) in [5.41, 5.74) is 1.29. The van der Waals surface area contributed by atoms with Crippen molar-refractivity contribution in [3.63, 3.8) is 0 Å². The number of halogens is 1. The van der Waals surface area contributed by atoms with Crippen molar-refractivity contribution in [3.8, 4) is 11.5 Å². The van der Waals surface area contributed by atoms with Crippen molar-refractivity contribution < 1.29 is 13.6 Å². The van der Waals surface area contributed by atoms with Crippen molar-refractivity contribution in [1.29, 1.82) is 0 Å². The first kappa shape index (κ1) is 14.9. The van der Waals surface area contributed by atoms with Gasteiger partial charge in [-0.2, -0.15) is 0 Å². The maximum atomic E-state index is 13.6. The van der Waals surface area contributed by atoms with Crippen LogP contribution in [0.15, 0.2) is 59.0 Å². The number of carbonyl (C=O) groups excluding carboxylic acids is 1. The highest BCUT2D eigenvalue weighted by molar-refractivity contribution is 5.89. The fourth-order valence-electron chi connectivity index (χ4n) is 2.10. The van der Waals surface area contributed by atoms with E-state index in [9.17, 15) is 9.18 Å². The number of hydrogen-bond donors (Lipinski definition) is 1. The number of carbonyl (C=O) groups is 1. The second-order valence-electron chi connectivity index (χ2n) is 4.88. The first-order valence-electron chi connectivity index (χ1n) is 7.14. The van der Waals surface area contributed by atoms with Crippen LogP contribution >= 0.6 is 0 Å². The van der Waals surface area contributed by atoms with E-state index in [2.05, 4.69) is 15.5 Å². The molecule has 0 unspecified atom stereocenters. The van der Waals surface area contributed by atoms with E-state index < -0.39 is 11.7 Å².